The largest absolute Gasteiger partial charge is 0.351 e. The molecule has 1 N–H and O–H groups in total. The number of sulfonamides is 1. The first-order valence-corrected chi connectivity index (χ1v) is 13.5. The van der Waals surface area contributed by atoms with E-state index < -0.39 is 10.0 Å². The number of likely N-dealkylation sites (N-methyl/N-ethyl adjacent to an activating group) is 1. The van der Waals surface area contributed by atoms with Gasteiger partial charge in [0, 0.05) is 64.3 Å². The van der Waals surface area contributed by atoms with E-state index >= 15 is 0 Å². The van der Waals surface area contributed by atoms with Gasteiger partial charge in [-0.15, -0.1) is 0 Å². The summed E-state index contributed by atoms with van der Waals surface area (Å²) in [5.74, 6) is -0.146. The van der Waals surface area contributed by atoms with Crippen LogP contribution in [0, 0.1) is 0 Å². The Morgan fingerprint density at radius 2 is 1.71 bits per heavy atom. The van der Waals surface area contributed by atoms with Crippen LogP contribution in [0.15, 0.2) is 59.5 Å². The van der Waals surface area contributed by atoms with Crippen molar-refractivity contribution in [1.82, 2.24) is 24.0 Å². The Bertz CT molecular complexity index is 1260. The molecule has 35 heavy (non-hydrogen) atoms. The standard InChI is InChI=1S/C26H35N5O3S/c1-28(2)35(33,34)23-10-11-24-22(18-23)19-25(31(24)20-21-8-5-4-6-9-21)26(32)27-12-7-13-30-16-14-29(3)15-17-30/h4-6,8-11,18-19H,7,12-17,20H2,1-3H3,(H,27,32). The Labute approximate surface area is 208 Å². The molecule has 3 aromatic rings. The van der Waals surface area contributed by atoms with Crippen LogP contribution in [0.25, 0.3) is 10.9 Å². The topological polar surface area (TPSA) is 77.9 Å². The SMILES string of the molecule is CN1CCN(CCCNC(=O)c2cc3cc(S(=O)(=O)N(C)C)ccc3n2Cc2ccccc2)CC1. The summed E-state index contributed by atoms with van der Waals surface area (Å²) in [6, 6.07) is 16.8. The van der Waals surface area contributed by atoms with Crippen LogP contribution in [0.5, 0.6) is 0 Å². The Morgan fingerprint density at radius 3 is 2.40 bits per heavy atom. The summed E-state index contributed by atoms with van der Waals surface area (Å²) in [6.07, 6.45) is 0.888. The minimum Gasteiger partial charge on any atom is -0.351 e. The van der Waals surface area contributed by atoms with Crippen LogP contribution in [0.3, 0.4) is 0 Å². The van der Waals surface area contributed by atoms with Crippen molar-refractivity contribution in [2.45, 2.75) is 17.9 Å². The molecule has 188 valence electrons. The van der Waals surface area contributed by atoms with Gasteiger partial charge in [-0.25, -0.2) is 12.7 Å². The maximum Gasteiger partial charge on any atom is 0.267 e. The third kappa shape index (κ3) is 5.92. The van der Waals surface area contributed by atoms with E-state index in [9.17, 15) is 13.2 Å². The van der Waals surface area contributed by atoms with E-state index in [0.717, 1.165) is 55.6 Å². The predicted octanol–water partition coefficient (Wildman–Crippen LogP) is 2.31. The van der Waals surface area contributed by atoms with E-state index in [1.165, 1.54) is 18.4 Å². The first-order chi connectivity index (χ1) is 16.8. The van der Waals surface area contributed by atoms with Crippen LogP contribution >= 0.6 is 0 Å². The molecule has 1 aliphatic rings. The fourth-order valence-electron chi connectivity index (χ4n) is 4.41. The Balaban J connectivity index is 1.54. The highest BCUT2D eigenvalue weighted by Gasteiger charge is 2.21. The van der Waals surface area contributed by atoms with Crippen molar-refractivity contribution in [2.24, 2.45) is 0 Å². The highest BCUT2D eigenvalue weighted by Crippen LogP contribution is 2.26. The van der Waals surface area contributed by atoms with Gasteiger partial charge in [0.15, 0.2) is 0 Å². The van der Waals surface area contributed by atoms with Crippen molar-refractivity contribution < 1.29 is 13.2 Å². The fourth-order valence-corrected chi connectivity index (χ4v) is 5.35. The molecule has 0 bridgehead atoms. The van der Waals surface area contributed by atoms with Crippen LogP contribution < -0.4 is 5.32 Å². The zero-order chi connectivity index (χ0) is 25.0. The molecule has 9 heteroatoms. The van der Waals surface area contributed by atoms with Gasteiger partial charge in [-0.3, -0.25) is 4.79 Å². The van der Waals surface area contributed by atoms with E-state index in [1.807, 2.05) is 34.9 Å². The summed E-state index contributed by atoms with van der Waals surface area (Å²) in [4.78, 5) is 18.2. The molecular formula is C26H35N5O3S. The van der Waals surface area contributed by atoms with E-state index in [1.54, 1.807) is 24.3 Å². The second kappa shape index (κ2) is 10.9. The van der Waals surface area contributed by atoms with Gasteiger partial charge in [0.2, 0.25) is 10.0 Å². The molecule has 4 rings (SSSR count). The lowest BCUT2D eigenvalue weighted by Gasteiger charge is -2.32. The van der Waals surface area contributed by atoms with E-state index in [2.05, 4.69) is 22.2 Å². The van der Waals surface area contributed by atoms with Gasteiger partial charge in [0.25, 0.3) is 5.91 Å². The van der Waals surface area contributed by atoms with Crippen LogP contribution in [0.4, 0.5) is 0 Å². The molecule has 2 heterocycles. The van der Waals surface area contributed by atoms with Gasteiger partial charge >= 0.3 is 0 Å². The molecule has 0 spiro atoms. The van der Waals surface area contributed by atoms with Crippen molar-refractivity contribution in [3.63, 3.8) is 0 Å². The van der Waals surface area contributed by atoms with Crippen molar-refractivity contribution in [3.05, 3.63) is 65.9 Å². The maximum absolute atomic E-state index is 13.2. The first kappa shape index (κ1) is 25.4. The number of hydrogen-bond donors (Lipinski definition) is 1. The second-order valence-corrected chi connectivity index (χ2v) is 11.5. The van der Waals surface area contributed by atoms with E-state index in [4.69, 9.17) is 0 Å². The Morgan fingerprint density at radius 1 is 1.00 bits per heavy atom. The van der Waals surface area contributed by atoms with Crippen LogP contribution in [0.1, 0.15) is 22.5 Å². The number of amides is 1. The highest BCUT2D eigenvalue weighted by molar-refractivity contribution is 7.89. The lowest BCUT2D eigenvalue weighted by Crippen LogP contribution is -2.45. The van der Waals surface area contributed by atoms with E-state index in [-0.39, 0.29) is 10.8 Å². The van der Waals surface area contributed by atoms with Gasteiger partial charge in [0.1, 0.15) is 5.69 Å². The number of rotatable bonds is 9. The van der Waals surface area contributed by atoms with Crippen LogP contribution in [-0.2, 0) is 16.6 Å². The zero-order valence-electron chi connectivity index (χ0n) is 20.8. The number of piperazine rings is 1. The quantitative estimate of drug-likeness (QED) is 0.459. The Kier molecular flexibility index (Phi) is 7.91. The Hall–Kier alpha value is -2.72. The number of carbonyl (C=O) groups is 1. The molecule has 1 fully saturated rings. The second-order valence-electron chi connectivity index (χ2n) is 9.36. The molecule has 1 aliphatic heterocycles. The fraction of sp³-hybridized carbons (Fsp3) is 0.423. The summed E-state index contributed by atoms with van der Waals surface area (Å²) in [5.41, 5.74) is 2.43. The average Bonchev–Trinajstić information content (AvgIpc) is 3.21. The molecule has 1 amide bonds. The molecule has 1 aromatic heterocycles. The smallest absolute Gasteiger partial charge is 0.267 e. The van der Waals surface area contributed by atoms with Gasteiger partial charge < -0.3 is 19.7 Å². The molecule has 0 radical (unpaired) electrons. The number of nitrogens with zero attached hydrogens (tertiary/aromatic N) is 4. The van der Waals surface area contributed by atoms with E-state index in [0.29, 0.717) is 18.8 Å². The van der Waals surface area contributed by atoms with Gasteiger partial charge in [-0.1, -0.05) is 30.3 Å². The zero-order valence-corrected chi connectivity index (χ0v) is 21.6. The number of fused-ring (bicyclic) bond motifs is 1. The summed E-state index contributed by atoms with van der Waals surface area (Å²) < 4.78 is 28.5. The molecule has 0 atom stereocenters. The molecule has 0 saturated carbocycles. The minimum absolute atomic E-state index is 0.146. The minimum atomic E-state index is -3.57. The highest BCUT2D eigenvalue weighted by atomic mass is 32.2. The summed E-state index contributed by atoms with van der Waals surface area (Å²) in [6.45, 7) is 6.37. The predicted molar refractivity (Wildman–Crippen MR) is 139 cm³/mol. The monoisotopic (exact) mass is 497 g/mol. The first-order valence-electron chi connectivity index (χ1n) is 12.0. The normalized spacial score (nSPS) is 15.7. The van der Waals surface area contributed by atoms with Crippen LogP contribution in [0.2, 0.25) is 0 Å². The molecule has 8 nitrogen and oxygen atoms in total. The summed E-state index contributed by atoms with van der Waals surface area (Å²) in [7, 11) is 1.61. The van der Waals surface area contributed by atoms with Crippen molar-refractivity contribution in [1.29, 1.82) is 0 Å². The molecule has 0 unspecified atom stereocenters. The maximum atomic E-state index is 13.2. The van der Waals surface area contributed by atoms with Gasteiger partial charge in [-0.2, -0.15) is 0 Å². The number of carbonyl (C=O) groups excluding carboxylic acids is 1. The van der Waals surface area contributed by atoms with Crippen molar-refractivity contribution in [2.75, 3.05) is 60.4 Å². The van der Waals surface area contributed by atoms with Crippen molar-refractivity contribution in [3.8, 4) is 0 Å². The average molecular weight is 498 g/mol. The van der Waals surface area contributed by atoms with Gasteiger partial charge in [-0.05, 0) is 49.8 Å². The number of nitrogens with one attached hydrogen (secondary N) is 1. The lowest BCUT2D eigenvalue weighted by molar-refractivity contribution is 0.0941. The van der Waals surface area contributed by atoms with Gasteiger partial charge in [0.05, 0.1) is 4.90 Å². The molecule has 2 aromatic carbocycles. The number of aromatic nitrogens is 1. The van der Waals surface area contributed by atoms with Crippen LogP contribution in [-0.4, -0.2) is 93.4 Å². The molecular weight excluding hydrogens is 462 g/mol. The number of benzene rings is 2. The molecule has 1 saturated heterocycles. The van der Waals surface area contributed by atoms with Crippen molar-refractivity contribution >= 4 is 26.8 Å². The third-order valence-corrected chi connectivity index (χ3v) is 8.41. The number of hydrogen-bond acceptors (Lipinski definition) is 5. The molecule has 0 aliphatic carbocycles. The lowest BCUT2D eigenvalue weighted by atomic mass is 10.2. The third-order valence-electron chi connectivity index (χ3n) is 6.60. The summed E-state index contributed by atoms with van der Waals surface area (Å²) >= 11 is 0. The summed E-state index contributed by atoms with van der Waals surface area (Å²) in [5, 5.41) is 3.80.